The summed E-state index contributed by atoms with van der Waals surface area (Å²) in [6, 6.07) is 0. The van der Waals surface area contributed by atoms with Crippen LogP contribution in [0.2, 0.25) is 0 Å². The molecule has 2 fully saturated rings. The molecule has 0 aromatic carbocycles. The number of carbonyl (C=O) groups excluding carboxylic acids is 1. The highest BCUT2D eigenvalue weighted by Gasteiger charge is 2.43. The van der Waals surface area contributed by atoms with E-state index in [-0.39, 0.29) is 5.41 Å². The molecule has 0 heterocycles. The molecule has 98 valence electrons. The van der Waals surface area contributed by atoms with E-state index in [0.29, 0.717) is 23.5 Å². The molecule has 1 nitrogen and oxygen atoms in total. The summed E-state index contributed by atoms with van der Waals surface area (Å²) in [6.45, 7) is 6.86. The van der Waals surface area contributed by atoms with Gasteiger partial charge < -0.3 is 0 Å². The first-order valence-corrected chi connectivity index (χ1v) is 7.60. The normalized spacial score (nSPS) is 37.0. The highest BCUT2D eigenvalue weighted by atomic mass is 16.1. The van der Waals surface area contributed by atoms with Crippen LogP contribution in [0.3, 0.4) is 0 Å². The molecule has 0 aliphatic heterocycles. The van der Waals surface area contributed by atoms with Crippen molar-refractivity contribution in [2.75, 3.05) is 0 Å². The van der Waals surface area contributed by atoms with Gasteiger partial charge in [0.1, 0.15) is 5.78 Å². The minimum atomic E-state index is 0.271. The number of hydrogen-bond donors (Lipinski definition) is 0. The van der Waals surface area contributed by atoms with E-state index in [1.807, 2.05) is 0 Å². The maximum Gasteiger partial charge on any atom is 0.139 e. The first-order chi connectivity index (χ1) is 8.06. The molecule has 2 aliphatic rings. The van der Waals surface area contributed by atoms with Gasteiger partial charge in [-0.15, -0.1) is 0 Å². The van der Waals surface area contributed by atoms with E-state index in [0.717, 1.165) is 6.42 Å². The van der Waals surface area contributed by atoms with E-state index in [1.54, 1.807) is 0 Å². The Balaban J connectivity index is 2.07. The van der Waals surface area contributed by atoms with Gasteiger partial charge in [0.25, 0.3) is 0 Å². The SMILES string of the molecule is CCC1CCCCC1C(=O)C1CCCC1(C)C. The molecular formula is C16H28O. The van der Waals surface area contributed by atoms with Gasteiger partial charge in [0, 0.05) is 11.8 Å². The lowest BCUT2D eigenvalue weighted by molar-refractivity contribution is -0.132. The Morgan fingerprint density at radius 3 is 2.41 bits per heavy atom. The van der Waals surface area contributed by atoms with Crippen LogP contribution in [0, 0.1) is 23.2 Å². The molecule has 0 radical (unpaired) electrons. The Kier molecular flexibility index (Phi) is 3.95. The van der Waals surface area contributed by atoms with Gasteiger partial charge in [-0.2, -0.15) is 0 Å². The van der Waals surface area contributed by atoms with Crippen molar-refractivity contribution in [1.29, 1.82) is 0 Å². The molecule has 0 saturated heterocycles. The van der Waals surface area contributed by atoms with Crippen LogP contribution >= 0.6 is 0 Å². The predicted molar refractivity (Wildman–Crippen MR) is 71.9 cm³/mol. The molecule has 0 aromatic heterocycles. The van der Waals surface area contributed by atoms with Gasteiger partial charge in [-0.1, -0.05) is 46.5 Å². The van der Waals surface area contributed by atoms with Gasteiger partial charge >= 0.3 is 0 Å². The summed E-state index contributed by atoms with van der Waals surface area (Å²) in [5, 5.41) is 0. The van der Waals surface area contributed by atoms with Crippen molar-refractivity contribution in [1.82, 2.24) is 0 Å². The van der Waals surface area contributed by atoms with Gasteiger partial charge in [-0.25, -0.2) is 0 Å². The van der Waals surface area contributed by atoms with Crippen LogP contribution in [0.1, 0.15) is 72.1 Å². The van der Waals surface area contributed by atoms with Crippen LogP contribution in [0.5, 0.6) is 0 Å². The fourth-order valence-electron chi connectivity index (χ4n) is 4.18. The zero-order valence-electron chi connectivity index (χ0n) is 11.8. The van der Waals surface area contributed by atoms with Crippen molar-refractivity contribution in [2.24, 2.45) is 23.2 Å². The Hall–Kier alpha value is -0.330. The van der Waals surface area contributed by atoms with Gasteiger partial charge in [0.05, 0.1) is 0 Å². The zero-order valence-corrected chi connectivity index (χ0v) is 11.8. The smallest absolute Gasteiger partial charge is 0.139 e. The Morgan fingerprint density at radius 2 is 1.82 bits per heavy atom. The fraction of sp³-hybridized carbons (Fsp3) is 0.938. The Labute approximate surface area is 106 Å². The van der Waals surface area contributed by atoms with Crippen molar-refractivity contribution in [3.05, 3.63) is 0 Å². The first kappa shape index (κ1) is 13.1. The van der Waals surface area contributed by atoms with E-state index < -0.39 is 0 Å². The number of rotatable bonds is 3. The van der Waals surface area contributed by atoms with Gasteiger partial charge in [-0.05, 0) is 37.0 Å². The standard InChI is InChI=1S/C16H28O/c1-4-12-8-5-6-9-13(12)15(17)14-10-7-11-16(14,2)3/h12-14H,4-11H2,1-3H3. The molecule has 3 atom stereocenters. The molecule has 2 saturated carbocycles. The van der Waals surface area contributed by atoms with Crippen LogP contribution in [0.15, 0.2) is 0 Å². The molecule has 2 rings (SSSR count). The summed E-state index contributed by atoms with van der Waals surface area (Å²) >= 11 is 0. The Morgan fingerprint density at radius 1 is 1.12 bits per heavy atom. The summed E-state index contributed by atoms with van der Waals surface area (Å²) < 4.78 is 0. The lowest BCUT2D eigenvalue weighted by Crippen LogP contribution is -2.36. The summed E-state index contributed by atoms with van der Waals surface area (Å²) in [6.07, 6.45) is 9.93. The van der Waals surface area contributed by atoms with E-state index in [1.165, 1.54) is 44.9 Å². The summed E-state index contributed by atoms with van der Waals surface area (Å²) in [4.78, 5) is 12.8. The second kappa shape index (κ2) is 5.12. The Bertz CT molecular complexity index is 279. The molecule has 3 unspecified atom stereocenters. The maximum atomic E-state index is 12.8. The van der Waals surface area contributed by atoms with Gasteiger partial charge in [0.2, 0.25) is 0 Å². The second-order valence-corrected chi connectivity index (χ2v) is 6.90. The lowest BCUT2D eigenvalue weighted by atomic mass is 9.68. The van der Waals surface area contributed by atoms with Crippen molar-refractivity contribution in [3.8, 4) is 0 Å². The summed E-state index contributed by atoms with van der Waals surface area (Å²) in [7, 11) is 0. The summed E-state index contributed by atoms with van der Waals surface area (Å²) in [5.41, 5.74) is 0.271. The van der Waals surface area contributed by atoms with E-state index in [4.69, 9.17) is 0 Å². The third-order valence-corrected chi connectivity index (χ3v) is 5.40. The monoisotopic (exact) mass is 236 g/mol. The third kappa shape index (κ3) is 2.58. The average molecular weight is 236 g/mol. The number of carbonyl (C=O) groups is 1. The molecular weight excluding hydrogens is 208 g/mol. The minimum Gasteiger partial charge on any atom is -0.299 e. The van der Waals surface area contributed by atoms with Crippen LogP contribution in [0.4, 0.5) is 0 Å². The van der Waals surface area contributed by atoms with Crippen molar-refractivity contribution in [3.63, 3.8) is 0 Å². The molecule has 0 bridgehead atoms. The number of hydrogen-bond acceptors (Lipinski definition) is 1. The van der Waals surface area contributed by atoms with Crippen LogP contribution in [-0.4, -0.2) is 5.78 Å². The lowest BCUT2D eigenvalue weighted by Gasteiger charge is -2.35. The topological polar surface area (TPSA) is 17.1 Å². The molecule has 0 spiro atoms. The number of Topliss-reactive ketones (excluding diaryl/α,β-unsaturated/α-hetero) is 1. The fourth-order valence-corrected chi connectivity index (χ4v) is 4.18. The molecule has 0 amide bonds. The van der Waals surface area contributed by atoms with Gasteiger partial charge in [0.15, 0.2) is 0 Å². The van der Waals surface area contributed by atoms with E-state index in [2.05, 4.69) is 20.8 Å². The van der Waals surface area contributed by atoms with E-state index >= 15 is 0 Å². The number of ketones is 1. The van der Waals surface area contributed by atoms with E-state index in [9.17, 15) is 4.79 Å². The van der Waals surface area contributed by atoms with Crippen molar-refractivity contribution >= 4 is 5.78 Å². The van der Waals surface area contributed by atoms with Crippen molar-refractivity contribution < 1.29 is 4.79 Å². The molecule has 1 heteroatoms. The summed E-state index contributed by atoms with van der Waals surface area (Å²) in [5.74, 6) is 2.07. The predicted octanol–water partition coefficient (Wildman–Crippen LogP) is 4.60. The van der Waals surface area contributed by atoms with Crippen LogP contribution < -0.4 is 0 Å². The first-order valence-electron chi connectivity index (χ1n) is 7.60. The zero-order chi connectivity index (χ0) is 12.5. The van der Waals surface area contributed by atoms with Gasteiger partial charge in [-0.3, -0.25) is 4.79 Å². The molecule has 0 aromatic rings. The molecule has 17 heavy (non-hydrogen) atoms. The molecule has 0 N–H and O–H groups in total. The second-order valence-electron chi connectivity index (χ2n) is 6.90. The van der Waals surface area contributed by atoms with Crippen LogP contribution in [-0.2, 0) is 4.79 Å². The third-order valence-electron chi connectivity index (χ3n) is 5.40. The maximum absolute atomic E-state index is 12.8. The van der Waals surface area contributed by atoms with Crippen molar-refractivity contribution in [2.45, 2.75) is 72.1 Å². The molecule has 2 aliphatic carbocycles. The quantitative estimate of drug-likeness (QED) is 0.700. The van der Waals surface area contributed by atoms with Crippen LogP contribution in [0.25, 0.3) is 0 Å². The average Bonchev–Trinajstić information content (AvgIpc) is 2.68. The highest BCUT2D eigenvalue weighted by Crippen LogP contribution is 2.46. The highest BCUT2D eigenvalue weighted by molar-refractivity contribution is 5.84. The largest absolute Gasteiger partial charge is 0.299 e. The minimum absolute atomic E-state index is 0.271.